The van der Waals surface area contributed by atoms with E-state index in [1.54, 1.807) is 0 Å². The van der Waals surface area contributed by atoms with Crippen LogP contribution in [0.25, 0.3) is 11.1 Å². The molecule has 4 nitrogen and oxygen atoms in total. The minimum atomic E-state index is -0.503. The van der Waals surface area contributed by atoms with Gasteiger partial charge in [0.25, 0.3) is 0 Å². The molecule has 0 aromatic heterocycles. The molecule has 1 amide bonds. The number of carbonyl (C=O) groups excluding carboxylic acids is 1. The first-order chi connectivity index (χ1) is 14.2. The van der Waals surface area contributed by atoms with Gasteiger partial charge in [0.05, 0.1) is 12.6 Å². The van der Waals surface area contributed by atoms with Crippen molar-refractivity contribution in [2.24, 2.45) is 0 Å². The van der Waals surface area contributed by atoms with Crippen molar-refractivity contribution in [2.45, 2.75) is 18.4 Å². The summed E-state index contributed by atoms with van der Waals surface area (Å²) in [7, 11) is 0. The maximum absolute atomic E-state index is 12.4. The van der Waals surface area contributed by atoms with E-state index in [4.69, 9.17) is 4.74 Å². The summed E-state index contributed by atoms with van der Waals surface area (Å²) in [6, 6.07) is 24.1. The van der Waals surface area contributed by atoms with E-state index in [1.807, 2.05) is 48.5 Å². The van der Waals surface area contributed by atoms with Crippen molar-refractivity contribution < 1.29 is 14.6 Å². The number of hydrogen-bond donors (Lipinski definition) is 2. The highest BCUT2D eigenvalue weighted by Gasteiger charge is 2.29. The van der Waals surface area contributed by atoms with E-state index >= 15 is 0 Å². The van der Waals surface area contributed by atoms with E-state index in [2.05, 4.69) is 52.2 Å². The molecule has 3 aromatic rings. The lowest BCUT2D eigenvalue weighted by Crippen LogP contribution is -2.39. The zero-order valence-corrected chi connectivity index (χ0v) is 18.0. The lowest BCUT2D eigenvalue weighted by atomic mass is 9.98. The molecule has 5 heteroatoms. The summed E-state index contributed by atoms with van der Waals surface area (Å²) in [5, 5.41) is 12.4. The number of benzene rings is 3. The van der Waals surface area contributed by atoms with E-state index < -0.39 is 6.09 Å². The Labute approximate surface area is 184 Å². The Balaban J connectivity index is 1.40. The number of ether oxygens (including phenoxy) is 1. The molecule has 148 valence electrons. The molecule has 0 saturated heterocycles. The van der Waals surface area contributed by atoms with E-state index in [0.717, 1.165) is 9.13 Å². The van der Waals surface area contributed by atoms with Gasteiger partial charge in [0.15, 0.2) is 0 Å². The summed E-state index contributed by atoms with van der Waals surface area (Å²) in [6.07, 6.45) is 0.0499. The molecule has 4 rings (SSSR count). The monoisotopic (exact) mass is 499 g/mol. The van der Waals surface area contributed by atoms with Gasteiger partial charge in [-0.1, -0.05) is 60.7 Å². The quantitative estimate of drug-likeness (QED) is 0.483. The molecule has 29 heavy (non-hydrogen) atoms. The Morgan fingerprint density at radius 3 is 2.14 bits per heavy atom. The Bertz CT molecular complexity index is 958. The van der Waals surface area contributed by atoms with Crippen molar-refractivity contribution in [3.8, 4) is 11.1 Å². The normalized spacial score (nSPS) is 13.4. The zero-order chi connectivity index (χ0) is 20.2. The summed E-state index contributed by atoms with van der Waals surface area (Å²) in [5.41, 5.74) is 5.81. The molecule has 0 spiro atoms. The lowest BCUT2D eigenvalue weighted by Gasteiger charge is -2.18. The van der Waals surface area contributed by atoms with E-state index in [-0.39, 0.29) is 25.2 Å². The van der Waals surface area contributed by atoms with Crippen molar-refractivity contribution >= 4 is 28.7 Å². The third kappa shape index (κ3) is 4.46. The van der Waals surface area contributed by atoms with Gasteiger partial charge >= 0.3 is 6.09 Å². The summed E-state index contributed by atoms with van der Waals surface area (Å²) in [6.45, 7) is 0.123. The van der Waals surface area contributed by atoms with Gasteiger partial charge in [-0.2, -0.15) is 0 Å². The van der Waals surface area contributed by atoms with E-state index in [0.29, 0.717) is 6.42 Å². The second-order valence-corrected chi connectivity index (χ2v) is 8.43. The fourth-order valence-electron chi connectivity index (χ4n) is 3.87. The average Bonchev–Trinajstić information content (AvgIpc) is 3.07. The predicted molar refractivity (Wildman–Crippen MR) is 122 cm³/mol. The van der Waals surface area contributed by atoms with Gasteiger partial charge in [-0.05, 0) is 69.0 Å². The van der Waals surface area contributed by atoms with Crippen LogP contribution in [0, 0.1) is 3.57 Å². The SMILES string of the molecule is O=C(NC(CO)Cc1ccc(I)cc1)OCC1c2ccccc2-c2ccccc21. The van der Waals surface area contributed by atoms with Gasteiger partial charge < -0.3 is 15.2 Å². The molecule has 0 saturated carbocycles. The first kappa shape index (κ1) is 19.9. The molecule has 2 N–H and O–H groups in total. The van der Waals surface area contributed by atoms with E-state index in [9.17, 15) is 9.90 Å². The molecular weight excluding hydrogens is 477 g/mol. The number of hydrogen-bond acceptors (Lipinski definition) is 3. The number of rotatable bonds is 6. The third-order valence-corrected chi connectivity index (χ3v) is 6.00. The van der Waals surface area contributed by atoms with Crippen molar-refractivity contribution in [3.63, 3.8) is 0 Å². The number of carbonyl (C=O) groups is 1. The number of fused-ring (bicyclic) bond motifs is 3. The van der Waals surface area contributed by atoms with Crippen molar-refractivity contribution in [3.05, 3.63) is 93.1 Å². The fraction of sp³-hybridized carbons (Fsp3) is 0.208. The van der Waals surface area contributed by atoms with Crippen LogP contribution in [0.1, 0.15) is 22.6 Å². The second kappa shape index (κ2) is 8.97. The summed E-state index contributed by atoms with van der Waals surface area (Å²) in [4.78, 5) is 12.4. The van der Waals surface area contributed by atoms with Crippen LogP contribution in [0.3, 0.4) is 0 Å². The van der Waals surface area contributed by atoms with Crippen LogP contribution in [0.2, 0.25) is 0 Å². The Kier molecular flexibility index (Phi) is 6.16. The highest BCUT2D eigenvalue weighted by Crippen LogP contribution is 2.44. The van der Waals surface area contributed by atoms with Gasteiger partial charge in [-0.25, -0.2) is 4.79 Å². The van der Waals surface area contributed by atoms with Crippen molar-refractivity contribution in [2.75, 3.05) is 13.2 Å². The number of aliphatic hydroxyl groups is 1. The summed E-state index contributed by atoms with van der Waals surface area (Å²) in [5.74, 6) is 0.0249. The van der Waals surface area contributed by atoms with Crippen LogP contribution >= 0.6 is 22.6 Å². The van der Waals surface area contributed by atoms with Crippen LogP contribution in [0.15, 0.2) is 72.8 Å². The lowest BCUT2D eigenvalue weighted by molar-refractivity contribution is 0.132. The number of nitrogens with one attached hydrogen (secondary N) is 1. The number of alkyl carbamates (subject to hydrolysis) is 1. The standard InChI is InChI=1S/C24H22INO3/c25-17-11-9-16(10-12-17)13-18(14-27)26-24(28)29-15-23-21-7-3-1-5-19(21)20-6-2-4-8-22(20)23/h1-12,18,23,27H,13-15H2,(H,26,28). The first-order valence-corrected chi connectivity index (χ1v) is 10.7. The minimum absolute atomic E-state index is 0.0249. The van der Waals surface area contributed by atoms with Gasteiger partial charge in [0, 0.05) is 9.49 Å². The molecule has 0 fully saturated rings. The summed E-state index contributed by atoms with van der Waals surface area (Å²) >= 11 is 2.25. The molecule has 1 atom stereocenters. The molecular formula is C24H22INO3. The zero-order valence-electron chi connectivity index (χ0n) is 15.8. The number of amides is 1. The Morgan fingerprint density at radius 1 is 0.966 bits per heavy atom. The van der Waals surface area contributed by atoms with Crippen molar-refractivity contribution in [1.29, 1.82) is 0 Å². The first-order valence-electron chi connectivity index (χ1n) is 9.62. The van der Waals surface area contributed by atoms with Crippen LogP contribution < -0.4 is 5.32 Å². The third-order valence-electron chi connectivity index (χ3n) is 5.28. The molecule has 1 unspecified atom stereocenters. The van der Waals surface area contributed by atoms with Gasteiger partial charge in [0.2, 0.25) is 0 Å². The predicted octanol–water partition coefficient (Wildman–Crippen LogP) is 4.73. The summed E-state index contributed by atoms with van der Waals surface area (Å²) < 4.78 is 6.72. The topological polar surface area (TPSA) is 58.6 Å². The number of halogens is 1. The Hall–Kier alpha value is -2.38. The average molecular weight is 499 g/mol. The largest absolute Gasteiger partial charge is 0.449 e. The molecule has 3 aromatic carbocycles. The Morgan fingerprint density at radius 2 is 1.55 bits per heavy atom. The highest BCUT2D eigenvalue weighted by atomic mass is 127. The maximum atomic E-state index is 12.4. The molecule has 0 aliphatic heterocycles. The molecule has 1 aliphatic carbocycles. The smallest absolute Gasteiger partial charge is 0.407 e. The molecule has 0 bridgehead atoms. The second-order valence-electron chi connectivity index (χ2n) is 7.18. The minimum Gasteiger partial charge on any atom is -0.449 e. The molecule has 0 radical (unpaired) electrons. The fourth-order valence-corrected chi connectivity index (χ4v) is 4.23. The van der Waals surface area contributed by atoms with Crippen LogP contribution in [0.5, 0.6) is 0 Å². The number of aliphatic hydroxyl groups excluding tert-OH is 1. The van der Waals surface area contributed by atoms with Crippen LogP contribution in [-0.2, 0) is 11.2 Å². The van der Waals surface area contributed by atoms with Crippen LogP contribution in [-0.4, -0.2) is 30.5 Å². The molecule has 0 heterocycles. The van der Waals surface area contributed by atoms with Crippen LogP contribution in [0.4, 0.5) is 4.79 Å². The van der Waals surface area contributed by atoms with Gasteiger partial charge in [-0.15, -0.1) is 0 Å². The molecule has 1 aliphatic rings. The van der Waals surface area contributed by atoms with Crippen molar-refractivity contribution in [1.82, 2.24) is 5.32 Å². The van der Waals surface area contributed by atoms with E-state index in [1.165, 1.54) is 22.3 Å². The van der Waals surface area contributed by atoms with Gasteiger partial charge in [0.1, 0.15) is 6.61 Å². The van der Waals surface area contributed by atoms with Gasteiger partial charge in [-0.3, -0.25) is 0 Å². The highest BCUT2D eigenvalue weighted by molar-refractivity contribution is 14.1. The maximum Gasteiger partial charge on any atom is 0.407 e.